The highest BCUT2D eigenvalue weighted by molar-refractivity contribution is 7.89. The van der Waals surface area contributed by atoms with Crippen LogP contribution in [0.4, 0.5) is 11.4 Å². The summed E-state index contributed by atoms with van der Waals surface area (Å²) in [6.07, 6.45) is -0.136. The maximum absolute atomic E-state index is 11.3. The van der Waals surface area contributed by atoms with Gasteiger partial charge in [-0.1, -0.05) is 0 Å². The third kappa shape index (κ3) is 5.61. The molecule has 1 aliphatic heterocycles. The fourth-order valence-corrected chi connectivity index (χ4v) is 3.07. The van der Waals surface area contributed by atoms with E-state index in [-0.39, 0.29) is 22.4 Å². The summed E-state index contributed by atoms with van der Waals surface area (Å²) in [5, 5.41) is 19.2. The number of methoxy groups -OCH3 is 1. The molecule has 1 atom stereocenters. The van der Waals surface area contributed by atoms with Crippen molar-refractivity contribution in [2.45, 2.75) is 11.0 Å². The molecule has 0 aromatic heterocycles. The number of nitrogens with zero attached hydrogens (tertiary/aromatic N) is 2. The van der Waals surface area contributed by atoms with Crippen molar-refractivity contribution in [1.29, 1.82) is 0 Å². The normalized spacial score (nSPS) is 18.9. The lowest BCUT2D eigenvalue weighted by atomic mass is 10.2. The van der Waals surface area contributed by atoms with Gasteiger partial charge in [-0.2, -0.15) is 0 Å². The van der Waals surface area contributed by atoms with Gasteiger partial charge in [-0.25, -0.2) is 13.6 Å². The van der Waals surface area contributed by atoms with Crippen molar-refractivity contribution in [3.63, 3.8) is 0 Å². The predicted octanol–water partition coefficient (Wildman–Crippen LogP) is 0.00130. The van der Waals surface area contributed by atoms with E-state index in [1.807, 2.05) is 0 Å². The predicted molar refractivity (Wildman–Crippen MR) is 91.0 cm³/mol. The number of nitro groups is 1. The lowest BCUT2D eigenvalue weighted by Crippen LogP contribution is -2.46. The number of benzene rings is 1. The zero-order chi connectivity index (χ0) is 18.4. The van der Waals surface area contributed by atoms with E-state index in [0.29, 0.717) is 26.3 Å². The molecule has 1 saturated heterocycles. The van der Waals surface area contributed by atoms with E-state index in [1.54, 1.807) is 7.11 Å². The third-order valence-electron chi connectivity index (χ3n) is 3.85. The second-order valence-electron chi connectivity index (χ2n) is 5.65. The maximum Gasteiger partial charge on any atom is 0.293 e. The molecule has 25 heavy (non-hydrogen) atoms. The van der Waals surface area contributed by atoms with Crippen molar-refractivity contribution >= 4 is 21.4 Å². The van der Waals surface area contributed by atoms with Crippen LogP contribution in [-0.2, 0) is 19.5 Å². The number of ether oxygens (including phenoxy) is 2. The van der Waals surface area contributed by atoms with Crippen LogP contribution in [0.2, 0.25) is 0 Å². The summed E-state index contributed by atoms with van der Waals surface area (Å²) in [5.74, 6) is 0. The molecule has 0 radical (unpaired) electrons. The fourth-order valence-electron chi connectivity index (χ4n) is 2.54. The monoisotopic (exact) mass is 374 g/mol. The summed E-state index contributed by atoms with van der Waals surface area (Å²) in [7, 11) is -2.36. The van der Waals surface area contributed by atoms with Crippen molar-refractivity contribution in [3.05, 3.63) is 28.3 Å². The van der Waals surface area contributed by atoms with Crippen molar-refractivity contribution < 1.29 is 22.8 Å². The van der Waals surface area contributed by atoms with E-state index in [2.05, 4.69) is 10.2 Å². The van der Waals surface area contributed by atoms with E-state index in [1.165, 1.54) is 12.1 Å². The van der Waals surface area contributed by atoms with Gasteiger partial charge >= 0.3 is 0 Å². The molecule has 0 bridgehead atoms. The number of rotatable bonds is 8. The van der Waals surface area contributed by atoms with Crippen molar-refractivity contribution in [2.75, 3.05) is 51.8 Å². The Bertz CT molecular complexity index is 711. The summed E-state index contributed by atoms with van der Waals surface area (Å²) < 4.78 is 33.4. The SMILES string of the molecule is COCCN1CCOC(CNc2ccc(S(N)(=O)=O)cc2[N+](=O)[O-])C1. The van der Waals surface area contributed by atoms with E-state index in [9.17, 15) is 18.5 Å². The molecule has 1 aliphatic rings. The van der Waals surface area contributed by atoms with Crippen LogP contribution < -0.4 is 10.5 Å². The van der Waals surface area contributed by atoms with Gasteiger partial charge in [0.25, 0.3) is 5.69 Å². The van der Waals surface area contributed by atoms with Gasteiger partial charge in [0.2, 0.25) is 10.0 Å². The minimum atomic E-state index is -4.00. The quantitative estimate of drug-likeness (QED) is 0.479. The average Bonchev–Trinajstić information content (AvgIpc) is 2.57. The minimum Gasteiger partial charge on any atom is -0.383 e. The van der Waals surface area contributed by atoms with E-state index in [4.69, 9.17) is 14.6 Å². The number of hydrogen-bond acceptors (Lipinski definition) is 8. The van der Waals surface area contributed by atoms with E-state index >= 15 is 0 Å². The van der Waals surface area contributed by atoms with Crippen LogP contribution in [0.5, 0.6) is 0 Å². The number of nitro benzene ring substituents is 1. The lowest BCUT2D eigenvalue weighted by Gasteiger charge is -2.32. The Morgan fingerprint density at radius 2 is 2.28 bits per heavy atom. The summed E-state index contributed by atoms with van der Waals surface area (Å²) in [4.78, 5) is 12.4. The number of hydrogen-bond donors (Lipinski definition) is 2. The van der Waals surface area contributed by atoms with Gasteiger partial charge in [-0.3, -0.25) is 15.0 Å². The molecule has 140 valence electrons. The summed E-state index contributed by atoms with van der Waals surface area (Å²) in [6.45, 7) is 3.84. The molecule has 0 aliphatic carbocycles. The maximum atomic E-state index is 11.3. The number of primary sulfonamides is 1. The van der Waals surface area contributed by atoms with Gasteiger partial charge in [0.05, 0.1) is 29.1 Å². The highest BCUT2D eigenvalue weighted by atomic mass is 32.2. The van der Waals surface area contributed by atoms with Gasteiger partial charge < -0.3 is 14.8 Å². The first-order chi connectivity index (χ1) is 11.8. The van der Waals surface area contributed by atoms with Gasteiger partial charge in [0.1, 0.15) is 5.69 Å². The molecule has 0 amide bonds. The van der Waals surface area contributed by atoms with E-state index < -0.39 is 14.9 Å². The molecule has 11 heteroatoms. The molecule has 1 fully saturated rings. The first-order valence-electron chi connectivity index (χ1n) is 7.69. The van der Waals surface area contributed by atoms with Crippen molar-refractivity contribution in [1.82, 2.24) is 4.90 Å². The Morgan fingerprint density at radius 3 is 2.92 bits per heavy atom. The Morgan fingerprint density at radius 1 is 1.52 bits per heavy atom. The van der Waals surface area contributed by atoms with E-state index in [0.717, 1.165) is 19.2 Å². The van der Waals surface area contributed by atoms with Crippen molar-refractivity contribution in [2.24, 2.45) is 5.14 Å². The third-order valence-corrected chi connectivity index (χ3v) is 4.76. The summed E-state index contributed by atoms with van der Waals surface area (Å²) in [5.41, 5.74) is -0.131. The molecule has 0 spiro atoms. The largest absolute Gasteiger partial charge is 0.383 e. The topological polar surface area (TPSA) is 137 Å². The van der Waals surface area contributed by atoms with Crippen LogP contribution in [0.15, 0.2) is 23.1 Å². The fraction of sp³-hybridized carbons (Fsp3) is 0.571. The van der Waals surface area contributed by atoms with Gasteiger partial charge in [0, 0.05) is 39.4 Å². The van der Waals surface area contributed by atoms with Gasteiger partial charge in [-0.15, -0.1) is 0 Å². The second kappa shape index (κ2) is 8.54. The molecule has 1 heterocycles. The first-order valence-corrected chi connectivity index (χ1v) is 9.24. The van der Waals surface area contributed by atoms with Crippen molar-refractivity contribution in [3.8, 4) is 0 Å². The Balaban J connectivity index is 2.03. The molecule has 2 rings (SSSR count). The van der Waals surface area contributed by atoms with Crippen LogP contribution in [0, 0.1) is 10.1 Å². The summed E-state index contributed by atoms with van der Waals surface area (Å²) >= 11 is 0. The molecule has 3 N–H and O–H groups in total. The molecule has 0 saturated carbocycles. The highest BCUT2D eigenvalue weighted by Crippen LogP contribution is 2.27. The molecule has 10 nitrogen and oxygen atoms in total. The van der Waals surface area contributed by atoms with Crippen LogP contribution in [-0.4, -0.2) is 70.8 Å². The first kappa shape index (κ1) is 19.5. The molecule has 1 aromatic carbocycles. The molecular formula is C14H22N4O6S. The number of nitrogens with one attached hydrogen (secondary N) is 1. The van der Waals surface area contributed by atoms with Crippen LogP contribution in [0.1, 0.15) is 0 Å². The second-order valence-corrected chi connectivity index (χ2v) is 7.21. The standard InChI is InChI=1S/C14H22N4O6S/c1-23-6-4-17-5-7-24-11(10-17)9-16-13-3-2-12(25(15,21)22)8-14(13)18(19)20/h2-3,8,11,16H,4-7,9-10H2,1H3,(H2,15,21,22). The van der Waals surface area contributed by atoms with Crippen LogP contribution >= 0.6 is 0 Å². The zero-order valence-electron chi connectivity index (χ0n) is 13.9. The smallest absolute Gasteiger partial charge is 0.293 e. The molecular weight excluding hydrogens is 352 g/mol. The Hall–Kier alpha value is -1.79. The minimum absolute atomic E-state index is 0.136. The Labute approximate surface area is 146 Å². The van der Waals surface area contributed by atoms with Crippen LogP contribution in [0.25, 0.3) is 0 Å². The Kier molecular flexibility index (Phi) is 6.67. The summed E-state index contributed by atoms with van der Waals surface area (Å²) in [6, 6.07) is 3.52. The lowest BCUT2D eigenvalue weighted by molar-refractivity contribution is -0.384. The molecule has 1 aromatic rings. The van der Waals surface area contributed by atoms with Gasteiger partial charge in [0.15, 0.2) is 0 Å². The number of nitrogens with two attached hydrogens (primary N) is 1. The number of sulfonamides is 1. The highest BCUT2D eigenvalue weighted by Gasteiger charge is 2.23. The van der Waals surface area contributed by atoms with Crippen LogP contribution in [0.3, 0.4) is 0 Å². The zero-order valence-corrected chi connectivity index (χ0v) is 14.7. The molecule has 1 unspecified atom stereocenters. The average molecular weight is 374 g/mol. The number of morpholine rings is 1. The van der Waals surface area contributed by atoms with Gasteiger partial charge in [-0.05, 0) is 12.1 Å². The number of anilines is 1.